The van der Waals surface area contributed by atoms with Crippen LogP contribution in [0.4, 0.5) is 19.4 Å². The number of hydrogen-bond donors (Lipinski definition) is 0. The Kier molecular flexibility index (Phi) is 4.95. The third-order valence-corrected chi connectivity index (χ3v) is 10.5. The Labute approximate surface area is 143 Å². The van der Waals surface area contributed by atoms with Crippen LogP contribution in [-0.2, 0) is 4.43 Å². The third kappa shape index (κ3) is 5.72. The highest BCUT2D eigenvalue weighted by molar-refractivity contribution is 9.09. The van der Waals surface area contributed by atoms with E-state index in [-0.39, 0.29) is 16.5 Å². The van der Waals surface area contributed by atoms with Gasteiger partial charge in [0.05, 0.1) is 11.4 Å². The summed E-state index contributed by atoms with van der Waals surface area (Å²) in [5, 5.41) is 0.00579. The lowest BCUT2D eigenvalue weighted by Crippen LogP contribution is -2.41. The summed E-state index contributed by atoms with van der Waals surface area (Å²) < 4.78 is 69.4. The van der Waals surface area contributed by atoms with Gasteiger partial charge < -0.3 is 4.43 Å². The van der Waals surface area contributed by atoms with Gasteiger partial charge in [-0.1, -0.05) is 68.3 Å². The van der Waals surface area contributed by atoms with Gasteiger partial charge in [-0.05, 0) is 35.8 Å². The lowest BCUT2D eigenvalue weighted by atomic mass is 10.2. The molecule has 0 spiro atoms. The number of rotatable bonds is 5. The highest BCUT2D eigenvalue weighted by Crippen LogP contribution is 3.02. The van der Waals surface area contributed by atoms with Crippen LogP contribution in [-0.4, -0.2) is 14.9 Å². The molecule has 0 aliphatic heterocycles. The molecule has 1 rings (SSSR count). The van der Waals surface area contributed by atoms with Gasteiger partial charge in [-0.25, -0.2) is 0 Å². The molecule has 0 saturated carbocycles. The lowest BCUT2D eigenvalue weighted by molar-refractivity contribution is 0.291. The van der Waals surface area contributed by atoms with E-state index in [2.05, 4.69) is 49.8 Å². The van der Waals surface area contributed by atoms with Gasteiger partial charge in [-0.3, -0.25) is 0 Å². The minimum atomic E-state index is -9.61. The summed E-state index contributed by atoms with van der Waals surface area (Å²) in [5.41, 5.74) is 0.467. The molecule has 0 aliphatic carbocycles. The molecule has 1 aromatic carbocycles. The Morgan fingerprint density at radius 1 is 1.04 bits per heavy atom. The Morgan fingerprint density at radius 3 is 1.83 bits per heavy atom. The summed E-state index contributed by atoms with van der Waals surface area (Å²) in [6.07, 6.45) is 0. The number of hydrogen-bond acceptors (Lipinski definition) is 1. The Bertz CT molecular complexity index is 565. The van der Waals surface area contributed by atoms with Crippen molar-refractivity contribution in [2.24, 2.45) is 0 Å². The predicted octanol–water partition coefficient (Wildman–Crippen LogP) is 7.80. The maximum Gasteiger partial charge on any atom is 0.310 e. The van der Waals surface area contributed by atoms with Crippen LogP contribution >= 0.6 is 26.2 Å². The molecule has 0 N–H and O–H groups in total. The van der Waals surface area contributed by atoms with Crippen molar-refractivity contribution in [2.45, 2.75) is 48.6 Å². The van der Waals surface area contributed by atoms with E-state index in [1.807, 2.05) is 0 Å². The van der Waals surface area contributed by atoms with Crippen molar-refractivity contribution in [3.8, 4) is 0 Å². The fourth-order valence-electron chi connectivity index (χ4n) is 1.53. The predicted molar refractivity (Wildman–Crippen MR) is 92.7 cm³/mol. The molecule has 0 saturated heterocycles. The highest BCUT2D eigenvalue weighted by Gasteiger charge is 2.65. The van der Waals surface area contributed by atoms with Crippen molar-refractivity contribution < 1.29 is 23.9 Å². The van der Waals surface area contributed by atoms with Crippen LogP contribution < -0.4 is 0 Å². The molecule has 0 radical (unpaired) electrons. The molecule has 0 fully saturated rings. The zero-order chi connectivity index (χ0) is 18.4. The van der Waals surface area contributed by atoms with Crippen molar-refractivity contribution in [2.75, 3.05) is 6.61 Å². The van der Waals surface area contributed by atoms with Crippen LogP contribution in [0.15, 0.2) is 29.2 Å². The first-order valence-electron chi connectivity index (χ1n) is 6.95. The molecular weight excluding hydrogens is 419 g/mol. The van der Waals surface area contributed by atoms with Gasteiger partial charge in [0, 0.05) is 0 Å². The second kappa shape index (κ2) is 5.44. The van der Waals surface area contributed by atoms with Gasteiger partial charge >= 0.3 is 10.2 Å². The van der Waals surface area contributed by atoms with Crippen molar-refractivity contribution in [1.82, 2.24) is 0 Å². The second-order valence-electron chi connectivity index (χ2n) is 7.08. The molecule has 0 amide bonds. The molecule has 23 heavy (non-hydrogen) atoms. The average molecular weight is 441 g/mol. The van der Waals surface area contributed by atoms with E-state index in [1.54, 1.807) is 0 Å². The highest BCUT2D eigenvalue weighted by atomic mass is 79.9. The molecular formula is C14H22BrF5OSSi. The van der Waals surface area contributed by atoms with E-state index >= 15 is 0 Å². The summed E-state index contributed by atoms with van der Waals surface area (Å²) in [6, 6.07) is 2.97. The van der Waals surface area contributed by atoms with Crippen LogP contribution in [0.1, 0.15) is 31.2 Å². The summed E-state index contributed by atoms with van der Waals surface area (Å²) in [7, 11) is -11.6. The zero-order valence-electron chi connectivity index (χ0n) is 13.7. The smallest absolute Gasteiger partial charge is 0.310 e. The fourth-order valence-corrected chi connectivity index (χ4v) is 3.88. The lowest BCUT2D eigenvalue weighted by Gasteiger charge is -2.40. The Hall–Kier alpha value is -0.123. The Balaban J connectivity index is 2.87. The monoisotopic (exact) mass is 440 g/mol. The average Bonchev–Trinajstić information content (AvgIpc) is 2.32. The van der Waals surface area contributed by atoms with E-state index in [9.17, 15) is 19.4 Å². The van der Waals surface area contributed by atoms with Gasteiger partial charge in [0.15, 0.2) is 8.32 Å². The maximum absolute atomic E-state index is 12.7. The molecule has 1 nitrogen and oxygen atoms in total. The standard InChI is InChI=1S/C14H22BrF5OSSi/c1-14(2,3)23(4,5)21-10-13(15)11-6-8-12(9-7-11)22(16,17,18,19)20/h6-9,13H,10H2,1-5H3. The summed E-state index contributed by atoms with van der Waals surface area (Å²) >= 11 is 3.35. The van der Waals surface area contributed by atoms with Gasteiger partial charge in [-0.15, -0.1) is 0 Å². The molecule has 1 atom stereocenters. The van der Waals surface area contributed by atoms with Crippen LogP contribution in [0.5, 0.6) is 0 Å². The SMILES string of the molecule is CC(C)(C)[Si](C)(C)OCC(Br)c1ccc(S(F)(F)(F)(F)F)cc1. The molecule has 0 aliphatic rings. The summed E-state index contributed by atoms with van der Waals surface area (Å²) in [6.45, 7) is 10.6. The van der Waals surface area contributed by atoms with E-state index in [1.165, 1.54) is 0 Å². The van der Waals surface area contributed by atoms with Gasteiger partial charge in [0.25, 0.3) is 0 Å². The largest absolute Gasteiger partial charge is 0.415 e. The molecule has 136 valence electrons. The van der Waals surface area contributed by atoms with Crippen molar-refractivity contribution >= 4 is 34.5 Å². The Morgan fingerprint density at radius 2 is 1.48 bits per heavy atom. The van der Waals surface area contributed by atoms with Crippen molar-refractivity contribution in [1.29, 1.82) is 0 Å². The molecule has 9 heteroatoms. The quantitative estimate of drug-likeness (QED) is 0.257. The van der Waals surface area contributed by atoms with Crippen LogP contribution in [0, 0.1) is 0 Å². The van der Waals surface area contributed by atoms with Crippen LogP contribution in [0.25, 0.3) is 0 Å². The first kappa shape index (κ1) is 20.9. The van der Waals surface area contributed by atoms with E-state index in [4.69, 9.17) is 4.43 Å². The van der Waals surface area contributed by atoms with Crippen LogP contribution in [0.3, 0.4) is 0 Å². The number of alkyl halides is 1. The minimum Gasteiger partial charge on any atom is -0.415 e. The van der Waals surface area contributed by atoms with E-state index < -0.39 is 23.4 Å². The first-order valence-corrected chi connectivity index (χ1v) is 12.7. The fraction of sp³-hybridized carbons (Fsp3) is 0.571. The zero-order valence-corrected chi connectivity index (χ0v) is 17.1. The second-order valence-corrected chi connectivity index (χ2v) is 15.4. The maximum atomic E-state index is 12.7. The summed E-state index contributed by atoms with van der Waals surface area (Å²) in [4.78, 5) is -2.23. The molecule has 0 aromatic heterocycles. The third-order valence-electron chi connectivity index (χ3n) is 4.08. The van der Waals surface area contributed by atoms with Crippen molar-refractivity contribution in [3.63, 3.8) is 0 Å². The molecule has 0 heterocycles. The minimum absolute atomic E-state index is 0.00579. The van der Waals surface area contributed by atoms with E-state index in [0.717, 1.165) is 12.1 Å². The molecule has 1 unspecified atom stereocenters. The van der Waals surface area contributed by atoms with Gasteiger partial charge in [0.1, 0.15) is 4.90 Å². The first-order chi connectivity index (χ1) is 9.83. The van der Waals surface area contributed by atoms with Crippen molar-refractivity contribution in [3.05, 3.63) is 29.8 Å². The van der Waals surface area contributed by atoms with Gasteiger partial charge in [0.2, 0.25) is 0 Å². The van der Waals surface area contributed by atoms with E-state index in [0.29, 0.717) is 17.7 Å². The number of halogens is 6. The number of benzene rings is 1. The van der Waals surface area contributed by atoms with Gasteiger partial charge in [-0.2, -0.15) is 0 Å². The van der Waals surface area contributed by atoms with Crippen LogP contribution in [0.2, 0.25) is 18.1 Å². The molecule has 1 aromatic rings. The molecule has 0 bridgehead atoms. The normalized spacial score (nSPS) is 18.2. The summed E-state index contributed by atoms with van der Waals surface area (Å²) in [5.74, 6) is 0. The topological polar surface area (TPSA) is 9.23 Å².